The number of hydrogen-bond donors (Lipinski definition) is 2. The van der Waals surface area contributed by atoms with Crippen molar-refractivity contribution < 1.29 is 17.6 Å². The summed E-state index contributed by atoms with van der Waals surface area (Å²) in [5.41, 5.74) is 2.53. The highest BCUT2D eigenvalue weighted by atomic mass is 32.2. The van der Waals surface area contributed by atoms with E-state index in [0.29, 0.717) is 13.0 Å². The lowest BCUT2D eigenvalue weighted by atomic mass is 10.1. The predicted octanol–water partition coefficient (Wildman–Crippen LogP) is 2.57. The van der Waals surface area contributed by atoms with Crippen molar-refractivity contribution in [1.82, 2.24) is 5.32 Å². The minimum atomic E-state index is -3.70. The molecule has 0 bridgehead atoms. The molecule has 1 amide bonds. The molecule has 0 aliphatic carbocycles. The fourth-order valence-corrected chi connectivity index (χ4v) is 3.09. The molecule has 2 aromatic carbocycles. The summed E-state index contributed by atoms with van der Waals surface area (Å²) in [7, 11) is -3.70. The van der Waals surface area contributed by atoms with Crippen LogP contribution in [-0.4, -0.2) is 20.9 Å². The summed E-state index contributed by atoms with van der Waals surface area (Å²) in [5.74, 6) is -0.0317. The molecular formula is C19H18N2O4S. The van der Waals surface area contributed by atoms with E-state index in [1.165, 1.54) is 18.4 Å². The van der Waals surface area contributed by atoms with E-state index < -0.39 is 10.0 Å². The van der Waals surface area contributed by atoms with E-state index in [0.717, 1.165) is 16.7 Å². The maximum absolute atomic E-state index is 12.4. The molecule has 1 aromatic heterocycles. The Morgan fingerprint density at radius 3 is 2.35 bits per heavy atom. The van der Waals surface area contributed by atoms with Crippen molar-refractivity contribution in [3.63, 3.8) is 0 Å². The molecular weight excluding hydrogens is 352 g/mol. The highest BCUT2D eigenvalue weighted by molar-refractivity contribution is 7.89. The van der Waals surface area contributed by atoms with Crippen LogP contribution in [-0.2, 0) is 16.4 Å². The van der Waals surface area contributed by atoms with E-state index in [2.05, 4.69) is 5.32 Å². The van der Waals surface area contributed by atoms with Crippen molar-refractivity contribution in [3.05, 3.63) is 78.3 Å². The fraction of sp³-hybridized carbons (Fsp3) is 0.105. The van der Waals surface area contributed by atoms with E-state index >= 15 is 0 Å². The predicted molar refractivity (Wildman–Crippen MR) is 98.0 cm³/mol. The monoisotopic (exact) mass is 370 g/mol. The summed E-state index contributed by atoms with van der Waals surface area (Å²) in [6.45, 7) is 0.391. The molecule has 0 fully saturated rings. The third-order valence-corrected chi connectivity index (χ3v) is 4.84. The number of carbonyl (C=O) groups excluding carboxylic acids is 1. The average Bonchev–Trinajstić information content (AvgIpc) is 3.12. The first kappa shape index (κ1) is 17.9. The summed E-state index contributed by atoms with van der Waals surface area (Å²) in [4.78, 5) is 12.4. The number of nitrogens with two attached hydrogens (primary N) is 1. The molecule has 0 unspecified atom stereocenters. The van der Waals surface area contributed by atoms with E-state index in [1.807, 2.05) is 30.3 Å². The van der Waals surface area contributed by atoms with Crippen molar-refractivity contribution in [1.29, 1.82) is 0 Å². The Labute approximate surface area is 151 Å². The van der Waals surface area contributed by atoms with Crippen molar-refractivity contribution >= 4 is 15.9 Å². The molecule has 6 nitrogen and oxygen atoms in total. The highest BCUT2D eigenvalue weighted by Gasteiger charge is 2.16. The zero-order valence-corrected chi connectivity index (χ0v) is 14.7. The lowest BCUT2D eigenvalue weighted by molar-refractivity contribution is 0.0927. The lowest BCUT2D eigenvalue weighted by Gasteiger charge is -2.06. The van der Waals surface area contributed by atoms with Gasteiger partial charge in [0.25, 0.3) is 5.91 Å². The molecule has 0 aliphatic rings. The fourth-order valence-electron chi connectivity index (χ4n) is 2.58. The molecule has 0 radical (unpaired) electrons. The van der Waals surface area contributed by atoms with E-state index in [-0.39, 0.29) is 16.6 Å². The zero-order valence-electron chi connectivity index (χ0n) is 13.9. The number of amides is 1. The Balaban J connectivity index is 1.61. The number of benzene rings is 2. The summed E-state index contributed by atoms with van der Waals surface area (Å²) < 4.78 is 27.8. The minimum Gasteiger partial charge on any atom is -0.459 e. The standard InChI is InChI=1S/C19H18N2O4S/c20-26(23,24)16-8-6-14(7-9-16)10-12-21-19(22)18-17(11-13-25-18)15-4-2-1-3-5-15/h1-9,11,13H,10,12H2,(H,21,22)(H2,20,23,24). The van der Waals surface area contributed by atoms with Gasteiger partial charge in [-0.15, -0.1) is 0 Å². The van der Waals surface area contributed by atoms with Gasteiger partial charge in [0.1, 0.15) is 0 Å². The van der Waals surface area contributed by atoms with Crippen LogP contribution in [0.2, 0.25) is 0 Å². The molecule has 0 saturated heterocycles. The molecule has 26 heavy (non-hydrogen) atoms. The molecule has 3 aromatic rings. The van der Waals surface area contributed by atoms with Gasteiger partial charge in [-0.25, -0.2) is 13.6 Å². The Morgan fingerprint density at radius 1 is 1.00 bits per heavy atom. The van der Waals surface area contributed by atoms with Crippen molar-refractivity contribution in [2.75, 3.05) is 6.54 Å². The first-order valence-electron chi connectivity index (χ1n) is 7.98. The average molecular weight is 370 g/mol. The van der Waals surface area contributed by atoms with Gasteiger partial charge in [0.05, 0.1) is 11.2 Å². The van der Waals surface area contributed by atoms with Gasteiger partial charge in [0, 0.05) is 12.1 Å². The Hall–Kier alpha value is -2.90. The van der Waals surface area contributed by atoms with Crippen LogP contribution in [0, 0.1) is 0 Å². The van der Waals surface area contributed by atoms with Gasteiger partial charge >= 0.3 is 0 Å². The summed E-state index contributed by atoms with van der Waals surface area (Å²) in [6, 6.07) is 17.5. The van der Waals surface area contributed by atoms with Crippen molar-refractivity contribution in [2.45, 2.75) is 11.3 Å². The first-order valence-corrected chi connectivity index (χ1v) is 9.52. The first-order chi connectivity index (χ1) is 12.4. The summed E-state index contributed by atoms with van der Waals surface area (Å²) in [6.07, 6.45) is 2.04. The smallest absolute Gasteiger partial charge is 0.287 e. The molecule has 0 saturated carbocycles. The zero-order chi connectivity index (χ0) is 18.6. The van der Waals surface area contributed by atoms with Crippen LogP contribution in [0.4, 0.5) is 0 Å². The molecule has 0 spiro atoms. The highest BCUT2D eigenvalue weighted by Crippen LogP contribution is 2.24. The molecule has 3 rings (SSSR count). The van der Waals surface area contributed by atoms with Crippen LogP contribution in [0.15, 0.2) is 76.2 Å². The Bertz CT molecular complexity index is 994. The van der Waals surface area contributed by atoms with Gasteiger partial charge in [-0.2, -0.15) is 0 Å². The van der Waals surface area contributed by atoms with Crippen LogP contribution >= 0.6 is 0 Å². The summed E-state index contributed by atoms with van der Waals surface area (Å²) >= 11 is 0. The second-order valence-electron chi connectivity index (χ2n) is 5.72. The van der Waals surface area contributed by atoms with Crippen LogP contribution < -0.4 is 10.5 Å². The van der Waals surface area contributed by atoms with Gasteiger partial charge in [0.2, 0.25) is 10.0 Å². The number of furan rings is 1. The molecule has 7 heteroatoms. The van der Waals surface area contributed by atoms with Crippen molar-refractivity contribution in [3.8, 4) is 11.1 Å². The number of sulfonamides is 1. The number of nitrogens with one attached hydrogen (secondary N) is 1. The number of carbonyl (C=O) groups is 1. The SMILES string of the molecule is NS(=O)(=O)c1ccc(CCNC(=O)c2occc2-c2ccccc2)cc1. The molecule has 3 N–H and O–H groups in total. The van der Waals surface area contributed by atoms with Gasteiger partial charge < -0.3 is 9.73 Å². The largest absolute Gasteiger partial charge is 0.459 e. The maximum atomic E-state index is 12.4. The molecule has 134 valence electrons. The third-order valence-electron chi connectivity index (χ3n) is 3.91. The Kier molecular flexibility index (Phi) is 5.20. The topological polar surface area (TPSA) is 102 Å². The Morgan fingerprint density at radius 2 is 1.69 bits per heavy atom. The minimum absolute atomic E-state index is 0.0633. The summed E-state index contributed by atoms with van der Waals surface area (Å²) in [5, 5.41) is 7.88. The van der Waals surface area contributed by atoms with Crippen LogP contribution in [0.5, 0.6) is 0 Å². The van der Waals surface area contributed by atoms with Gasteiger partial charge in [-0.1, -0.05) is 42.5 Å². The maximum Gasteiger partial charge on any atom is 0.287 e. The van der Waals surface area contributed by atoms with Crippen LogP contribution in [0.25, 0.3) is 11.1 Å². The van der Waals surface area contributed by atoms with Crippen LogP contribution in [0.1, 0.15) is 16.1 Å². The number of hydrogen-bond acceptors (Lipinski definition) is 4. The number of primary sulfonamides is 1. The quantitative estimate of drug-likeness (QED) is 0.696. The molecule has 0 aliphatic heterocycles. The second kappa shape index (κ2) is 7.55. The van der Waals surface area contributed by atoms with Crippen molar-refractivity contribution in [2.24, 2.45) is 5.14 Å². The van der Waals surface area contributed by atoms with E-state index in [9.17, 15) is 13.2 Å². The van der Waals surface area contributed by atoms with Gasteiger partial charge in [-0.05, 0) is 35.7 Å². The van der Waals surface area contributed by atoms with E-state index in [4.69, 9.17) is 9.56 Å². The van der Waals surface area contributed by atoms with Gasteiger partial charge in [0.15, 0.2) is 5.76 Å². The molecule has 0 atom stereocenters. The lowest BCUT2D eigenvalue weighted by Crippen LogP contribution is -2.25. The van der Waals surface area contributed by atoms with Gasteiger partial charge in [-0.3, -0.25) is 4.79 Å². The second-order valence-corrected chi connectivity index (χ2v) is 7.29. The van der Waals surface area contributed by atoms with E-state index in [1.54, 1.807) is 18.2 Å². The van der Waals surface area contributed by atoms with Crippen LogP contribution in [0.3, 0.4) is 0 Å². The third kappa shape index (κ3) is 4.19. The normalized spacial score (nSPS) is 11.3. The number of rotatable bonds is 6. The molecule has 1 heterocycles.